The minimum absolute atomic E-state index is 0.0745. The third-order valence-electron chi connectivity index (χ3n) is 3.77. The van der Waals surface area contributed by atoms with Crippen molar-refractivity contribution in [1.82, 2.24) is 14.1 Å². The van der Waals surface area contributed by atoms with E-state index < -0.39 is 0 Å². The summed E-state index contributed by atoms with van der Waals surface area (Å²) in [5, 5.41) is 2.92. The van der Waals surface area contributed by atoms with Crippen LogP contribution in [-0.2, 0) is 9.53 Å². The number of hydrogen-bond donors (Lipinski definition) is 1. The number of carbonyl (C=O) groups is 1. The number of ether oxygens (including phenoxy) is 2. The zero-order valence-electron chi connectivity index (χ0n) is 13.5. The average Bonchev–Trinajstić information content (AvgIpc) is 3.10. The molecule has 1 aliphatic heterocycles. The quantitative estimate of drug-likeness (QED) is 0.855. The molecule has 0 saturated carbocycles. The molecule has 0 aliphatic carbocycles. The average molecular weight is 348 g/mol. The van der Waals surface area contributed by atoms with Crippen molar-refractivity contribution in [1.29, 1.82) is 0 Å². The van der Waals surface area contributed by atoms with E-state index in [0.717, 1.165) is 30.4 Å². The molecule has 1 saturated heterocycles. The molecule has 1 N–H and O–H groups in total. The second-order valence-electron chi connectivity index (χ2n) is 5.48. The van der Waals surface area contributed by atoms with Crippen molar-refractivity contribution < 1.29 is 14.3 Å². The normalized spacial score (nSPS) is 15.8. The number of amides is 1. The SMILES string of the molecule is CC(NC(=O)COc1nsnc1N1CCOCC1)c1ccccc1. The van der Waals surface area contributed by atoms with Crippen LogP contribution in [0.1, 0.15) is 18.5 Å². The van der Waals surface area contributed by atoms with E-state index in [1.807, 2.05) is 37.3 Å². The van der Waals surface area contributed by atoms with E-state index in [2.05, 4.69) is 19.0 Å². The number of nitrogens with one attached hydrogen (secondary N) is 1. The van der Waals surface area contributed by atoms with Gasteiger partial charge >= 0.3 is 0 Å². The molecule has 24 heavy (non-hydrogen) atoms. The maximum Gasteiger partial charge on any atom is 0.271 e. The molecule has 8 heteroatoms. The molecule has 1 aromatic heterocycles. The first-order valence-electron chi connectivity index (χ1n) is 7.86. The zero-order chi connectivity index (χ0) is 16.8. The van der Waals surface area contributed by atoms with Gasteiger partial charge in [-0.25, -0.2) is 0 Å². The molecular formula is C16H20N4O3S. The molecule has 1 atom stereocenters. The van der Waals surface area contributed by atoms with Gasteiger partial charge in [-0.3, -0.25) is 4.79 Å². The van der Waals surface area contributed by atoms with E-state index in [0.29, 0.717) is 24.9 Å². The third kappa shape index (κ3) is 4.21. The lowest BCUT2D eigenvalue weighted by Gasteiger charge is -2.26. The van der Waals surface area contributed by atoms with E-state index in [1.54, 1.807) is 0 Å². The first-order chi connectivity index (χ1) is 11.7. The second kappa shape index (κ2) is 8.07. The van der Waals surface area contributed by atoms with Crippen LogP contribution in [0.4, 0.5) is 5.82 Å². The van der Waals surface area contributed by atoms with E-state index in [-0.39, 0.29) is 18.6 Å². The van der Waals surface area contributed by atoms with Crippen LogP contribution in [0.5, 0.6) is 5.88 Å². The summed E-state index contributed by atoms with van der Waals surface area (Å²) in [6.45, 7) is 4.67. The highest BCUT2D eigenvalue weighted by Gasteiger charge is 2.20. The van der Waals surface area contributed by atoms with E-state index >= 15 is 0 Å². The Bertz CT molecular complexity index is 658. The Hall–Kier alpha value is -2.19. The predicted octanol–water partition coefficient (Wildman–Crippen LogP) is 1.63. The van der Waals surface area contributed by atoms with Crippen LogP contribution in [0.2, 0.25) is 0 Å². The number of nitrogens with zero attached hydrogens (tertiary/aromatic N) is 3. The second-order valence-corrected chi connectivity index (χ2v) is 6.01. The fourth-order valence-electron chi connectivity index (χ4n) is 2.48. The van der Waals surface area contributed by atoms with Crippen molar-refractivity contribution in [3.05, 3.63) is 35.9 Å². The number of benzene rings is 1. The maximum absolute atomic E-state index is 12.1. The first kappa shape index (κ1) is 16.7. The van der Waals surface area contributed by atoms with Crippen LogP contribution in [0, 0.1) is 0 Å². The van der Waals surface area contributed by atoms with Gasteiger partial charge < -0.3 is 19.7 Å². The molecule has 1 fully saturated rings. The lowest BCUT2D eigenvalue weighted by molar-refractivity contribution is -0.123. The van der Waals surface area contributed by atoms with Crippen molar-refractivity contribution in [2.75, 3.05) is 37.8 Å². The van der Waals surface area contributed by atoms with Gasteiger partial charge in [0.2, 0.25) is 5.82 Å². The van der Waals surface area contributed by atoms with E-state index in [4.69, 9.17) is 9.47 Å². The molecule has 0 radical (unpaired) electrons. The Morgan fingerprint density at radius 2 is 2.08 bits per heavy atom. The lowest BCUT2D eigenvalue weighted by Crippen LogP contribution is -2.37. The van der Waals surface area contributed by atoms with Crippen LogP contribution in [0.25, 0.3) is 0 Å². The van der Waals surface area contributed by atoms with Gasteiger partial charge in [-0.2, -0.15) is 4.37 Å². The summed E-state index contributed by atoms with van der Waals surface area (Å²) in [7, 11) is 0. The summed E-state index contributed by atoms with van der Waals surface area (Å²) in [6, 6.07) is 9.73. The van der Waals surface area contributed by atoms with Crippen molar-refractivity contribution >= 4 is 23.5 Å². The van der Waals surface area contributed by atoms with Gasteiger partial charge in [-0.1, -0.05) is 30.3 Å². The lowest BCUT2D eigenvalue weighted by atomic mass is 10.1. The van der Waals surface area contributed by atoms with Gasteiger partial charge in [0.25, 0.3) is 11.8 Å². The number of hydrogen-bond acceptors (Lipinski definition) is 7. The molecule has 3 rings (SSSR count). The van der Waals surface area contributed by atoms with Gasteiger partial charge in [-0.15, -0.1) is 4.37 Å². The Morgan fingerprint density at radius 1 is 1.33 bits per heavy atom. The van der Waals surface area contributed by atoms with Crippen molar-refractivity contribution in [2.24, 2.45) is 0 Å². The predicted molar refractivity (Wildman–Crippen MR) is 91.4 cm³/mol. The van der Waals surface area contributed by atoms with Crippen LogP contribution in [-0.4, -0.2) is 47.6 Å². The monoisotopic (exact) mass is 348 g/mol. The fraction of sp³-hybridized carbons (Fsp3) is 0.438. The van der Waals surface area contributed by atoms with E-state index in [9.17, 15) is 4.79 Å². The summed E-state index contributed by atoms with van der Waals surface area (Å²) in [5.41, 5.74) is 1.05. The summed E-state index contributed by atoms with van der Waals surface area (Å²) in [4.78, 5) is 14.2. The zero-order valence-corrected chi connectivity index (χ0v) is 14.3. The Balaban J connectivity index is 1.52. The number of carbonyl (C=O) groups excluding carboxylic acids is 1. The molecule has 1 unspecified atom stereocenters. The van der Waals surface area contributed by atoms with Crippen LogP contribution >= 0.6 is 11.7 Å². The van der Waals surface area contributed by atoms with Crippen LogP contribution in [0.15, 0.2) is 30.3 Å². The van der Waals surface area contributed by atoms with Crippen molar-refractivity contribution in [3.63, 3.8) is 0 Å². The molecule has 0 spiro atoms. The molecule has 1 aliphatic rings. The van der Waals surface area contributed by atoms with Crippen molar-refractivity contribution in [3.8, 4) is 5.88 Å². The Morgan fingerprint density at radius 3 is 2.83 bits per heavy atom. The number of rotatable bonds is 6. The fourth-order valence-corrected chi connectivity index (χ4v) is 3.00. The van der Waals surface area contributed by atoms with E-state index in [1.165, 1.54) is 0 Å². The Labute approximate surface area is 144 Å². The standard InChI is InChI=1S/C16H20N4O3S/c1-12(13-5-3-2-4-6-13)17-14(21)11-23-16-15(18-24-19-16)20-7-9-22-10-8-20/h2-6,12H,7-11H2,1H3,(H,17,21). The number of anilines is 1. The molecular weight excluding hydrogens is 328 g/mol. The van der Waals surface area contributed by atoms with Crippen LogP contribution in [0.3, 0.4) is 0 Å². The molecule has 7 nitrogen and oxygen atoms in total. The highest BCUT2D eigenvalue weighted by Crippen LogP contribution is 2.26. The smallest absolute Gasteiger partial charge is 0.271 e. The minimum Gasteiger partial charge on any atom is -0.464 e. The first-order valence-corrected chi connectivity index (χ1v) is 8.59. The van der Waals surface area contributed by atoms with Crippen molar-refractivity contribution in [2.45, 2.75) is 13.0 Å². The van der Waals surface area contributed by atoms with Gasteiger partial charge in [0, 0.05) is 13.1 Å². The summed E-state index contributed by atoms with van der Waals surface area (Å²) < 4.78 is 19.3. The maximum atomic E-state index is 12.1. The minimum atomic E-state index is -0.188. The Kier molecular flexibility index (Phi) is 5.60. The largest absolute Gasteiger partial charge is 0.464 e. The topological polar surface area (TPSA) is 76.6 Å². The molecule has 0 bridgehead atoms. The third-order valence-corrected chi connectivity index (χ3v) is 4.27. The molecule has 1 amide bonds. The molecule has 128 valence electrons. The number of aromatic nitrogens is 2. The number of morpholine rings is 1. The highest BCUT2D eigenvalue weighted by molar-refractivity contribution is 6.99. The summed E-state index contributed by atoms with van der Waals surface area (Å²) in [5.74, 6) is 0.906. The van der Waals surface area contributed by atoms with Gasteiger partial charge in [-0.05, 0) is 12.5 Å². The van der Waals surface area contributed by atoms with Gasteiger partial charge in [0.1, 0.15) is 0 Å². The molecule has 2 aromatic rings. The van der Waals surface area contributed by atoms with Crippen LogP contribution < -0.4 is 15.0 Å². The highest BCUT2D eigenvalue weighted by atomic mass is 32.1. The molecule has 1 aromatic carbocycles. The summed E-state index contributed by atoms with van der Waals surface area (Å²) >= 11 is 1.08. The summed E-state index contributed by atoms with van der Waals surface area (Å²) in [6.07, 6.45) is 0. The van der Waals surface area contributed by atoms with Gasteiger partial charge in [0.05, 0.1) is 31.0 Å². The van der Waals surface area contributed by atoms with Gasteiger partial charge in [0.15, 0.2) is 6.61 Å². The molecule has 2 heterocycles.